The molecule has 2 N–H and O–H groups in total. The molecule has 0 aromatic rings. The van der Waals surface area contributed by atoms with Crippen LogP contribution in [0.2, 0.25) is 0 Å². The van der Waals surface area contributed by atoms with E-state index < -0.39 is 10.0 Å². The molecule has 96 valence electrons. The second-order valence-electron chi connectivity index (χ2n) is 4.79. The van der Waals surface area contributed by atoms with Crippen molar-refractivity contribution in [3.63, 3.8) is 0 Å². The van der Waals surface area contributed by atoms with Crippen LogP contribution in [0.4, 0.5) is 0 Å². The molecule has 5 heteroatoms. The highest BCUT2D eigenvalue weighted by atomic mass is 32.2. The van der Waals surface area contributed by atoms with Gasteiger partial charge in [0.1, 0.15) is 0 Å². The second-order valence-corrected chi connectivity index (χ2v) is 6.88. The molecular weight excluding hydrogens is 224 g/mol. The van der Waals surface area contributed by atoms with Gasteiger partial charge in [0.05, 0.1) is 5.75 Å². The number of hydrogen-bond acceptors (Lipinski definition) is 3. The fourth-order valence-corrected chi connectivity index (χ4v) is 3.85. The first-order chi connectivity index (χ1) is 7.47. The van der Waals surface area contributed by atoms with E-state index >= 15 is 0 Å². The van der Waals surface area contributed by atoms with Gasteiger partial charge in [0.2, 0.25) is 10.0 Å². The van der Waals surface area contributed by atoms with Gasteiger partial charge in [0.25, 0.3) is 0 Å². The van der Waals surface area contributed by atoms with Gasteiger partial charge in [-0.15, -0.1) is 0 Å². The molecule has 0 aromatic heterocycles. The zero-order valence-corrected chi connectivity index (χ0v) is 11.2. The van der Waals surface area contributed by atoms with Crippen molar-refractivity contribution in [1.29, 1.82) is 0 Å². The monoisotopic (exact) mass is 248 g/mol. The molecule has 0 spiro atoms. The summed E-state index contributed by atoms with van der Waals surface area (Å²) in [6.07, 6.45) is 3.67. The Labute approximate surface area is 99.2 Å². The number of rotatable bonds is 5. The Morgan fingerprint density at radius 2 is 2.19 bits per heavy atom. The van der Waals surface area contributed by atoms with Crippen molar-refractivity contribution in [3.8, 4) is 0 Å². The zero-order valence-electron chi connectivity index (χ0n) is 10.4. The number of sulfonamides is 1. The smallest absolute Gasteiger partial charge is 0.214 e. The van der Waals surface area contributed by atoms with Crippen LogP contribution in [0.15, 0.2) is 0 Å². The van der Waals surface area contributed by atoms with Gasteiger partial charge in [-0.2, -0.15) is 0 Å². The molecule has 1 fully saturated rings. The van der Waals surface area contributed by atoms with Gasteiger partial charge in [-0.05, 0) is 32.1 Å². The molecule has 0 aliphatic carbocycles. The average molecular weight is 248 g/mol. The molecule has 4 nitrogen and oxygen atoms in total. The molecule has 1 rings (SSSR count). The largest absolute Gasteiger partial charge is 0.328 e. The predicted octanol–water partition coefficient (Wildman–Crippen LogP) is 1.18. The summed E-state index contributed by atoms with van der Waals surface area (Å²) in [5.74, 6) is 0.611. The van der Waals surface area contributed by atoms with E-state index in [1.54, 1.807) is 4.31 Å². The fourth-order valence-electron chi connectivity index (χ4n) is 2.11. The molecule has 0 aromatic carbocycles. The topological polar surface area (TPSA) is 63.4 Å². The standard InChI is InChI=1S/C11H24N2O2S/c1-3-4-8-16(14,15)13-7-5-6-11(9-13)10(2)12/h10-11H,3-9,12H2,1-2H3. The summed E-state index contributed by atoms with van der Waals surface area (Å²) >= 11 is 0. The Kier molecular flexibility index (Phi) is 5.21. The summed E-state index contributed by atoms with van der Waals surface area (Å²) in [5, 5.41) is 0. The van der Waals surface area contributed by atoms with Crippen LogP contribution in [-0.4, -0.2) is 37.6 Å². The second kappa shape index (κ2) is 5.98. The quantitative estimate of drug-likeness (QED) is 0.794. The summed E-state index contributed by atoms with van der Waals surface area (Å²) in [6, 6.07) is 0.0872. The highest BCUT2D eigenvalue weighted by molar-refractivity contribution is 7.89. The first kappa shape index (κ1) is 13.9. The van der Waals surface area contributed by atoms with Gasteiger partial charge in [0, 0.05) is 19.1 Å². The first-order valence-electron chi connectivity index (χ1n) is 6.20. The van der Waals surface area contributed by atoms with Gasteiger partial charge >= 0.3 is 0 Å². The van der Waals surface area contributed by atoms with Crippen LogP contribution in [0, 0.1) is 5.92 Å². The van der Waals surface area contributed by atoms with E-state index in [0.717, 1.165) is 25.7 Å². The summed E-state index contributed by atoms with van der Waals surface area (Å²) in [7, 11) is -3.03. The van der Waals surface area contributed by atoms with Gasteiger partial charge < -0.3 is 5.73 Å². The minimum Gasteiger partial charge on any atom is -0.328 e. The molecule has 0 amide bonds. The zero-order chi connectivity index (χ0) is 12.2. The Hall–Kier alpha value is -0.130. The van der Waals surface area contributed by atoms with E-state index in [1.165, 1.54) is 0 Å². The molecular formula is C11H24N2O2S. The van der Waals surface area contributed by atoms with Crippen molar-refractivity contribution >= 4 is 10.0 Å². The van der Waals surface area contributed by atoms with Gasteiger partial charge in [-0.25, -0.2) is 12.7 Å². The number of unbranched alkanes of at least 4 members (excludes halogenated alkanes) is 1. The van der Waals surface area contributed by atoms with E-state index in [2.05, 4.69) is 0 Å². The maximum absolute atomic E-state index is 12.0. The van der Waals surface area contributed by atoms with Crippen LogP contribution in [0.1, 0.15) is 39.5 Å². The third kappa shape index (κ3) is 3.71. The summed E-state index contributed by atoms with van der Waals surface area (Å²) in [4.78, 5) is 0. The SMILES string of the molecule is CCCCS(=O)(=O)N1CCCC(C(C)N)C1. The lowest BCUT2D eigenvalue weighted by Crippen LogP contribution is -2.45. The van der Waals surface area contributed by atoms with E-state index in [1.807, 2.05) is 13.8 Å². The minimum atomic E-state index is -3.03. The maximum Gasteiger partial charge on any atom is 0.214 e. The fraction of sp³-hybridized carbons (Fsp3) is 1.00. The Morgan fingerprint density at radius 1 is 1.50 bits per heavy atom. The van der Waals surface area contributed by atoms with Gasteiger partial charge in [-0.1, -0.05) is 13.3 Å². The molecule has 2 atom stereocenters. The molecule has 1 saturated heterocycles. The third-order valence-corrected chi connectivity index (χ3v) is 5.24. The first-order valence-corrected chi connectivity index (χ1v) is 7.81. The minimum absolute atomic E-state index is 0.0872. The lowest BCUT2D eigenvalue weighted by Gasteiger charge is -2.33. The Balaban J connectivity index is 2.59. The van der Waals surface area contributed by atoms with Crippen molar-refractivity contribution in [2.75, 3.05) is 18.8 Å². The van der Waals surface area contributed by atoms with Crippen LogP contribution in [0.5, 0.6) is 0 Å². The van der Waals surface area contributed by atoms with Crippen LogP contribution < -0.4 is 5.73 Å². The van der Waals surface area contributed by atoms with Crippen molar-refractivity contribution in [2.45, 2.75) is 45.6 Å². The Bertz CT molecular complexity index is 301. The van der Waals surface area contributed by atoms with Crippen molar-refractivity contribution in [2.24, 2.45) is 11.7 Å². The van der Waals surface area contributed by atoms with Crippen LogP contribution in [0.25, 0.3) is 0 Å². The average Bonchev–Trinajstić information content (AvgIpc) is 2.26. The molecule has 1 heterocycles. The van der Waals surface area contributed by atoms with Crippen molar-refractivity contribution in [3.05, 3.63) is 0 Å². The molecule has 1 aliphatic rings. The van der Waals surface area contributed by atoms with Crippen molar-refractivity contribution in [1.82, 2.24) is 4.31 Å². The molecule has 0 saturated carbocycles. The van der Waals surface area contributed by atoms with Gasteiger partial charge in [-0.3, -0.25) is 0 Å². The van der Waals surface area contributed by atoms with E-state index in [-0.39, 0.29) is 11.8 Å². The summed E-state index contributed by atoms with van der Waals surface area (Å²) in [5.41, 5.74) is 5.85. The third-order valence-electron chi connectivity index (χ3n) is 3.31. The predicted molar refractivity (Wildman–Crippen MR) is 66.6 cm³/mol. The number of hydrogen-bond donors (Lipinski definition) is 1. The highest BCUT2D eigenvalue weighted by Gasteiger charge is 2.29. The molecule has 0 radical (unpaired) electrons. The molecule has 2 unspecified atom stereocenters. The normalized spacial score (nSPS) is 25.6. The molecule has 0 bridgehead atoms. The van der Waals surface area contributed by atoms with Crippen LogP contribution in [0.3, 0.4) is 0 Å². The van der Waals surface area contributed by atoms with E-state index in [0.29, 0.717) is 19.0 Å². The highest BCUT2D eigenvalue weighted by Crippen LogP contribution is 2.21. The lowest BCUT2D eigenvalue weighted by molar-refractivity contribution is 0.243. The number of nitrogens with zero attached hydrogens (tertiary/aromatic N) is 1. The summed E-state index contributed by atoms with van der Waals surface area (Å²) < 4.78 is 25.6. The van der Waals surface area contributed by atoms with Crippen LogP contribution >= 0.6 is 0 Å². The van der Waals surface area contributed by atoms with E-state index in [9.17, 15) is 8.42 Å². The van der Waals surface area contributed by atoms with Crippen molar-refractivity contribution < 1.29 is 8.42 Å². The number of nitrogens with two attached hydrogens (primary N) is 1. The number of piperidine rings is 1. The molecule has 1 aliphatic heterocycles. The Morgan fingerprint density at radius 3 is 2.75 bits per heavy atom. The maximum atomic E-state index is 12.0. The molecule has 16 heavy (non-hydrogen) atoms. The van der Waals surface area contributed by atoms with Gasteiger partial charge in [0.15, 0.2) is 0 Å². The lowest BCUT2D eigenvalue weighted by atomic mass is 9.93. The van der Waals surface area contributed by atoms with E-state index in [4.69, 9.17) is 5.73 Å². The summed E-state index contributed by atoms with van der Waals surface area (Å²) in [6.45, 7) is 5.27. The van der Waals surface area contributed by atoms with Crippen LogP contribution in [-0.2, 0) is 10.0 Å².